The fourth-order valence-corrected chi connectivity index (χ4v) is 6.06. The third kappa shape index (κ3) is 6.62. The number of nitrogens with one attached hydrogen (secondary N) is 1. The van der Waals surface area contributed by atoms with E-state index < -0.39 is 6.09 Å². The Morgan fingerprint density at radius 3 is 2.40 bits per heavy atom. The van der Waals surface area contributed by atoms with Gasteiger partial charge in [-0.05, 0) is 98.2 Å². The van der Waals surface area contributed by atoms with Gasteiger partial charge in [-0.15, -0.1) is 11.3 Å². The van der Waals surface area contributed by atoms with E-state index in [0.717, 1.165) is 45.9 Å². The molecule has 0 spiro atoms. The number of ether oxygens (including phenoxy) is 2. The van der Waals surface area contributed by atoms with Gasteiger partial charge in [-0.1, -0.05) is 6.42 Å². The molecule has 1 saturated heterocycles. The number of thiophene rings is 1. The topological polar surface area (TPSA) is 114 Å². The van der Waals surface area contributed by atoms with Crippen molar-refractivity contribution in [1.82, 2.24) is 10.2 Å². The van der Waals surface area contributed by atoms with Crippen LogP contribution in [-0.2, 0) is 0 Å². The van der Waals surface area contributed by atoms with Crippen LogP contribution in [0.4, 0.5) is 4.79 Å². The molecular weight excluding hydrogens is 526 g/mol. The fourth-order valence-electron chi connectivity index (χ4n) is 4.82. The molecule has 0 saturated carbocycles. The summed E-state index contributed by atoms with van der Waals surface area (Å²) in [6, 6.07) is 19.3. The summed E-state index contributed by atoms with van der Waals surface area (Å²) in [7, 11) is 0. The van der Waals surface area contributed by atoms with Gasteiger partial charge < -0.3 is 25.6 Å². The zero-order valence-corrected chi connectivity index (χ0v) is 23.0. The number of carbonyl (C=O) groups excluding carboxylic acids is 2. The van der Waals surface area contributed by atoms with Crippen LogP contribution in [-0.4, -0.2) is 61.2 Å². The second kappa shape index (κ2) is 13.0. The standard InChI is InChI=1S/C31H33N3O5S/c32-14-15-33-31(37)39-25-12-13-26-27(20-25)40-30(22-4-8-23(35)9-5-22)28(26)29(36)21-6-10-24(11-7-21)38-19-18-34-16-2-1-3-17-34/h4-13,20,35H,1-3,14-19,32H2,(H,33,37). The molecule has 4 N–H and O–H groups in total. The number of ketones is 1. The van der Waals surface area contributed by atoms with E-state index in [1.54, 1.807) is 54.6 Å². The van der Waals surface area contributed by atoms with Crippen LogP contribution in [0.5, 0.6) is 17.2 Å². The first-order valence-corrected chi connectivity index (χ1v) is 14.3. The normalized spacial score (nSPS) is 13.7. The smallest absolute Gasteiger partial charge is 0.412 e. The minimum atomic E-state index is -0.588. The van der Waals surface area contributed by atoms with E-state index in [9.17, 15) is 14.7 Å². The lowest BCUT2D eigenvalue weighted by Gasteiger charge is -2.26. The molecule has 0 unspecified atom stereocenters. The maximum absolute atomic E-state index is 13.9. The van der Waals surface area contributed by atoms with E-state index in [1.165, 1.54) is 30.6 Å². The molecule has 0 bridgehead atoms. The van der Waals surface area contributed by atoms with E-state index in [0.29, 0.717) is 36.6 Å². The maximum Gasteiger partial charge on any atom is 0.412 e. The summed E-state index contributed by atoms with van der Waals surface area (Å²) in [6.07, 6.45) is 3.22. The Hall–Kier alpha value is -3.92. The van der Waals surface area contributed by atoms with E-state index in [4.69, 9.17) is 15.2 Å². The van der Waals surface area contributed by atoms with Crippen molar-refractivity contribution in [3.63, 3.8) is 0 Å². The largest absolute Gasteiger partial charge is 0.508 e. The molecule has 0 radical (unpaired) electrons. The summed E-state index contributed by atoms with van der Waals surface area (Å²) in [5.74, 6) is 1.12. The Bertz CT molecular complexity index is 1460. The lowest BCUT2D eigenvalue weighted by atomic mass is 9.97. The molecule has 1 fully saturated rings. The predicted molar refractivity (Wildman–Crippen MR) is 158 cm³/mol. The van der Waals surface area contributed by atoms with Crippen molar-refractivity contribution in [2.75, 3.05) is 39.3 Å². The van der Waals surface area contributed by atoms with Crippen molar-refractivity contribution >= 4 is 33.3 Å². The first kappa shape index (κ1) is 27.6. The molecule has 208 valence electrons. The highest BCUT2D eigenvalue weighted by Gasteiger charge is 2.22. The number of nitrogens with two attached hydrogens (primary N) is 1. The van der Waals surface area contributed by atoms with E-state index >= 15 is 0 Å². The maximum atomic E-state index is 13.9. The van der Waals surface area contributed by atoms with Crippen molar-refractivity contribution < 1.29 is 24.2 Å². The van der Waals surface area contributed by atoms with Gasteiger partial charge in [0.05, 0.1) is 0 Å². The summed E-state index contributed by atoms with van der Waals surface area (Å²) in [5.41, 5.74) is 7.35. The number of hydrogen-bond acceptors (Lipinski definition) is 8. The van der Waals surface area contributed by atoms with Gasteiger partial charge in [0.15, 0.2) is 5.78 Å². The van der Waals surface area contributed by atoms with Crippen LogP contribution < -0.4 is 20.5 Å². The molecule has 0 atom stereocenters. The number of rotatable bonds is 10. The molecule has 0 aliphatic carbocycles. The van der Waals surface area contributed by atoms with Gasteiger partial charge in [0.25, 0.3) is 0 Å². The highest BCUT2D eigenvalue weighted by molar-refractivity contribution is 7.22. The summed E-state index contributed by atoms with van der Waals surface area (Å²) >= 11 is 1.43. The van der Waals surface area contributed by atoms with Crippen molar-refractivity contribution in [1.29, 1.82) is 0 Å². The van der Waals surface area contributed by atoms with Gasteiger partial charge in [0, 0.05) is 45.7 Å². The summed E-state index contributed by atoms with van der Waals surface area (Å²) in [6.45, 7) is 4.39. The Kier molecular flexibility index (Phi) is 8.95. The second-order valence-electron chi connectivity index (χ2n) is 9.72. The van der Waals surface area contributed by atoms with Gasteiger partial charge in [-0.3, -0.25) is 9.69 Å². The Morgan fingerprint density at radius 1 is 0.950 bits per heavy atom. The molecule has 3 aromatic carbocycles. The highest BCUT2D eigenvalue weighted by Crippen LogP contribution is 2.41. The van der Waals surface area contributed by atoms with Crippen LogP contribution in [0.2, 0.25) is 0 Å². The summed E-state index contributed by atoms with van der Waals surface area (Å²) < 4.78 is 12.1. The number of piperidine rings is 1. The third-order valence-corrected chi connectivity index (χ3v) is 8.09. The lowest BCUT2D eigenvalue weighted by molar-refractivity contribution is 0.104. The molecule has 2 heterocycles. The molecule has 9 heteroatoms. The number of aromatic hydroxyl groups is 1. The fraction of sp³-hybridized carbons (Fsp3) is 0.290. The van der Waals surface area contributed by atoms with Gasteiger partial charge in [0.2, 0.25) is 0 Å². The van der Waals surface area contributed by atoms with Gasteiger partial charge in [-0.2, -0.15) is 0 Å². The number of amides is 1. The van der Waals surface area contributed by atoms with Gasteiger partial charge in [0.1, 0.15) is 23.9 Å². The average molecular weight is 560 g/mol. The van der Waals surface area contributed by atoms with E-state index in [1.807, 2.05) is 12.1 Å². The predicted octanol–water partition coefficient (Wildman–Crippen LogP) is 5.42. The van der Waals surface area contributed by atoms with Crippen LogP contribution in [0.25, 0.3) is 20.5 Å². The molecule has 8 nitrogen and oxygen atoms in total. The number of nitrogens with zero attached hydrogens (tertiary/aromatic N) is 1. The van der Waals surface area contributed by atoms with E-state index in [2.05, 4.69) is 10.2 Å². The molecule has 1 aliphatic heterocycles. The highest BCUT2D eigenvalue weighted by atomic mass is 32.1. The van der Waals surface area contributed by atoms with Crippen molar-refractivity contribution in [3.8, 4) is 27.7 Å². The molecular formula is C31H33N3O5S. The van der Waals surface area contributed by atoms with Crippen molar-refractivity contribution in [2.24, 2.45) is 5.73 Å². The zero-order chi connectivity index (χ0) is 27.9. The molecule has 1 aliphatic rings. The van der Waals surface area contributed by atoms with Crippen LogP contribution in [0, 0.1) is 0 Å². The number of hydrogen-bond donors (Lipinski definition) is 3. The number of carbonyl (C=O) groups is 2. The first-order valence-electron chi connectivity index (χ1n) is 13.5. The monoisotopic (exact) mass is 559 g/mol. The van der Waals surface area contributed by atoms with Gasteiger partial charge in [-0.25, -0.2) is 4.79 Å². The van der Waals surface area contributed by atoms with Crippen molar-refractivity contribution in [3.05, 3.63) is 77.9 Å². The van der Waals surface area contributed by atoms with Crippen LogP contribution >= 0.6 is 11.3 Å². The summed E-state index contributed by atoms with van der Waals surface area (Å²) in [4.78, 5) is 29.1. The third-order valence-electron chi connectivity index (χ3n) is 6.88. The SMILES string of the molecule is NCCNC(=O)Oc1ccc2c(C(=O)c3ccc(OCCN4CCCCC4)cc3)c(-c3ccc(O)cc3)sc2c1. The minimum Gasteiger partial charge on any atom is -0.508 e. The number of fused-ring (bicyclic) bond motifs is 1. The quantitative estimate of drug-likeness (QED) is 0.222. The lowest BCUT2D eigenvalue weighted by Crippen LogP contribution is -2.33. The number of phenols is 1. The molecule has 5 rings (SSSR count). The molecule has 1 aromatic heterocycles. The minimum absolute atomic E-state index is 0.122. The molecule has 1 amide bonds. The zero-order valence-electron chi connectivity index (χ0n) is 22.2. The van der Waals surface area contributed by atoms with E-state index in [-0.39, 0.29) is 11.5 Å². The Balaban J connectivity index is 1.39. The summed E-state index contributed by atoms with van der Waals surface area (Å²) in [5, 5.41) is 13.1. The number of phenolic OH excluding ortho intramolecular Hbond substituents is 1. The molecule has 4 aromatic rings. The van der Waals surface area contributed by atoms with Crippen LogP contribution in [0.15, 0.2) is 66.7 Å². The van der Waals surface area contributed by atoms with Crippen molar-refractivity contribution in [2.45, 2.75) is 19.3 Å². The molecule has 40 heavy (non-hydrogen) atoms. The Labute approximate surface area is 237 Å². The second-order valence-corrected chi connectivity index (χ2v) is 10.8. The van der Waals surface area contributed by atoms with Crippen LogP contribution in [0.3, 0.4) is 0 Å². The number of likely N-dealkylation sites (tertiary alicyclic amines) is 1. The number of benzene rings is 3. The Morgan fingerprint density at radius 2 is 1.68 bits per heavy atom. The average Bonchev–Trinajstić information content (AvgIpc) is 3.35. The first-order chi connectivity index (χ1) is 19.5. The van der Waals surface area contributed by atoms with Gasteiger partial charge >= 0.3 is 6.09 Å². The van der Waals surface area contributed by atoms with Crippen LogP contribution in [0.1, 0.15) is 35.2 Å².